The van der Waals surface area contributed by atoms with Crippen LogP contribution in [0.1, 0.15) is 0 Å². The Bertz CT molecular complexity index is 2740. The second-order valence-electron chi connectivity index (χ2n) is 11.3. The van der Waals surface area contributed by atoms with Crippen molar-refractivity contribution in [2.45, 2.75) is 0 Å². The summed E-state index contributed by atoms with van der Waals surface area (Å²) in [5, 5.41) is 15.0. The molecule has 10 rings (SSSR count). The molecule has 2 aromatic heterocycles. The molecule has 0 amide bonds. The van der Waals surface area contributed by atoms with Crippen LogP contribution in [0.5, 0.6) is 0 Å². The molecule has 8 aromatic carbocycles. The van der Waals surface area contributed by atoms with Gasteiger partial charge in [0.2, 0.25) is 0 Å². The van der Waals surface area contributed by atoms with Crippen LogP contribution in [-0.2, 0) is 0 Å². The summed E-state index contributed by atoms with van der Waals surface area (Å²) in [4.78, 5) is 0. The molecule has 0 N–H and O–H groups in total. The van der Waals surface area contributed by atoms with E-state index in [1.807, 2.05) is 11.3 Å². The summed E-state index contributed by atoms with van der Waals surface area (Å²) in [7, 11) is 0. The molecule has 0 fully saturated rings. The Kier molecular flexibility index (Phi) is 4.39. The number of fused-ring (bicyclic) bond motifs is 13. The third-order valence-corrected chi connectivity index (χ3v) is 10.2. The van der Waals surface area contributed by atoms with Crippen LogP contribution in [0, 0.1) is 0 Å². The van der Waals surface area contributed by atoms with Gasteiger partial charge in [-0.3, -0.25) is 0 Å². The molecule has 1 nitrogen and oxygen atoms in total. The SMILES string of the molecule is c1ccc2cc3c(cc2c1)oc1cc2c4ccccc4c4cc(-c5ccc6sc7ccccc7c6c5)ccc4c2cc13. The van der Waals surface area contributed by atoms with Gasteiger partial charge < -0.3 is 4.42 Å². The van der Waals surface area contributed by atoms with E-state index in [-0.39, 0.29) is 0 Å². The van der Waals surface area contributed by atoms with Crippen LogP contribution in [0.25, 0.3) is 96.3 Å². The van der Waals surface area contributed by atoms with Gasteiger partial charge in [-0.1, -0.05) is 84.9 Å². The number of hydrogen-bond donors (Lipinski definition) is 0. The van der Waals surface area contributed by atoms with Crippen molar-refractivity contribution >= 4 is 96.5 Å². The van der Waals surface area contributed by atoms with Gasteiger partial charge in [0, 0.05) is 30.9 Å². The van der Waals surface area contributed by atoms with Gasteiger partial charge in [0.25, 0.3) is 0 Å². The van der Waals surface area contributed by atoms with Gasteiger partial charge in [-0.15, -0.1) is 11.3 Å². The quantitative estimate of drug-likeness (QED) is 0.185. The summed E-state index contributed by atoms with van der Waals surface area (Å²) in [6, 6.07) is 49.0. The first-order valence-corrected chi connectivity index (χ1v) is 15.2. The summed E-state index contributed by atoms with van der Waals surface area (Å²) in [6.07, 6.45) is 0. The van der Waals surface area contributed by atoms with Crippen molar-refractivity contribution in [2.24, 2.45) is 0 Å². The standard InChI is InChI=1S/C40H22OS/c1-2-8-24-20-37-34(18-23(24)7-1)35-21-32-29-15-13-25(26-14-16-40-36(19-26)30-11-5-6-12-39(30)42-40)17-31(29)27-9-3-4-10-28(27)33(32)22-38(35)41-37/h1-22H. The molecule has 0 radical (unpaired) electrons. The smallest absolute Gasteiger partial charge is 0.136 e. The molecular formula is C40H22OS. The lowest BCUT2D eigenvalue weighted by molar-refractivity contribution is 0.670. The summed E-state index contributed by atoms with van der Waals surface area (Å²) in [5.74, 6) is 0. The minimum absolute atomic E-state index is 0.935. The van der Waals surface area contributed by atoms with Crippen LogP contribution in [-0.4, -0.2) is 0 Å². The first-order valence-electron chi connectivity index (χ1n) is 14.3. The van der Waals surface area contributed by atoms with Crippen molar-refractivity contribution in [3.8, 4) is 11.1 Å². The number of benzene rings is 8. The van der Waals surface area contributed by atoms with Gasteiger partial charge in [0.15, 0.2) is 0 Å². The highest BCUT2D eigenvalue weighted by atomic mass is 32.1. The van der Waals surface area contributed by atoms with Crippen LogP contribution >= 0.6 is 11.3 Å². The molecule has 0 unspecified atom stereocenters. The zero-order chi connectivity index (χ0) is 27.4. The van der Waals surface area contributed by atoms with Crippen LogP contribution in [0.3, 0.4) is 0 Å². The number of thiophene rings is 1. The van der Waals surface area contributed by atoms with Gasteiger partial charge >= 0.3 is 0 Å². The Hall–Kier alpha value is -5.18. The Balaban J connectivity index is 1.27. The fraction of sp³-hybridized carbons (Fsp3) is 0. The van der Waals surface area contributed by atoms with E-state index in [1.165, 1.54) is 85.2 Å². The van der Waals surface area contributed by atoms with E-state index in [4.69, 9.17) is 4.42 Å². The zero-order valence-electron chi connectivity index (χ0n) is 22.5. The zero-order valence-corrected chi connectivity index (χ0v) is 23.3. The molecule has 0 aliphatic heterocycles. The summed E-state index contributed by atoms with van der Waals surface area (Å²) in [5.41, 5.74) is 4.36. The van der Waals surface area contributed by atoms with Crippen LogP contribution in [0.4, 0.5) is 0 Å². The topological polar surface area (TPSA) is 13.1 Å². The van der Waals surface area contributed by atoms with Gasteiger partial charge in [0.05, 0.1) is 0 Å². The van der Waals surface area contributed by atoms with Crippen LogP contribution in [0.2, 0.25) is 0 Å². The highest BCUT2D eigenvalue weighted by Crippen LogP contribution is 2.42. The summed E-state index contributed by atoms with van der Waals surface area (Å²) >= 11 is 1.87. The summed E-state index contributed by atoms with van der Waals surface area (Å²) < 4.78 is 9.14. The molecule has 194 valence electrons. The maximum atomic E-state index is 6.47. The number of furan rings is 1. The molecule has 42 heavy (non-hydrogen) atoms. The monoisotopic (exact) mass is 550 g/mol. The molecule has 2 heterocycles. The minimum Gasteiger partial charge on any atom is -0.456 e. The van der Waals surface area contributed by atoms with Crippen molar-refractivity contribution in [3.63, 3.8) is 0 Å². The lowest BCUT2D eigenvalue weighted by atomic mass is 9.91. The molecule has 0 bridgehead atoms. The van der Waals surface area contributed by atoms with Crippen molar-refractivity contribution in [1.29, 1.82) is 0 Å². The number of hydrogen-bond acceptors (Lipinski definition) is 2. The Morgan fingerprint density at radius 2 is 0.881 bits per heavy atom. The maximum Gasteiger partial charge on any atom is 0.136 e. The van der Waals surface area contributed by atoms with Crippen molar-refractivity contribution in [2.75, 3.05) is 0 Å². The maximum absolute atomic E-state index is 6.47. The average molecular weight is 551 g/mol. The van der Waals surface area contributed by atoms with Crippen LogP contribution < -0.4 is 0 Å². The van der Waals surface area contributed by atoms with E-state index >= 15 is 0 Å². The molecule has 0 aliphatic rings. The Morgan fingerprint density at radius 3 is 1.71 bits per heavy atom. The van der Waals surface area contributed by atoms with E-state index in [1.54, 1.807) is 0 Å². The second kappa shape index (κ2) is 8.19. The fourth-order valence-corrected chi connectivity index (χ4v) is 8.08. The molecular weight excluding hydrogens is 529 g/mol. The van der Waals surface area contributed by atoms with Crippen LogP contribution in [0.15, 0.2) is 138 Å². The second-order valence-corrected chi connectivity index (χ2v) is 12.4. The third kappa shape index (κ3) is 3.07. The lowest BCUT2D eigenvalue weighted by Crippen LogP contribution is -1.85. The molecule has 0 saturated heterocycles. The first kappa shape index (κ1) is 22.5. The predicted octanol–water partition coefficient (Wildman–Crippen LogP) is 12.2. The largest absolute Gasteiger partial charge is 0.456 e. The molecule has 0 aliphatic carbocycles. The van der Waals surface area contributed by atoms with Crippen molar-refractivity contribution < 1.29 is 4.42 Å². The normalized spacial score (nSPS) is 12.3. The van der Waals surface area contributed by atoms with Gasteiger partial charge in [-0.25, -0.2) is 0 Å². The van der Waals surface area contributed by atoms with E-state index < -0.39 is 0 Å². The first-order chi connectivity index (χ1) is 20.8. The highest BCUT2D eigenvalue weighted by Gasteiger charge is 2.15. The molecule has 0 atom stereocenters. The van der Waals surface area contributed by atoms with Gasteiger partial charge in [-0.05, 0) is 103 Å². The van der Waals surface area contributed by atoms with E-state index in [2.05, 4.69) is 133 Å². The van der Waals surface area contributed by atoms with Gasteiger partial charge in [-0.2, -0.15) is 0 Å². The average Bonchev–Trinajstić information content (AvgIpc) is 3.59. The molecule has 0 spiro atoms. The fourth-order valence-electron chi connectivity index (χ4n) is 6.99. The Labute approximate surface area is 244 Å². The predicted molar refractivity (Wildman–Crippen MR) is 182 cm³/mol. The van der Waals surface area contributed by atoms with E-state index in [0.29, 0.717) is 0 Å². The lowest BCUT2D eigenvalue weighted by Gasteiger charge is -2.12. The molecule has 2 heteroatoms. The van der Waals surface area contributed by atoms with E-state index in [0.717, 1.165) is 11.2 Å². The van der Waals surface area contributed by atoms with E-state index in [9.17, 15) is 0 Å². The molecule has 10 aromatic rings. The highest BCUT2D eigenvalue weighted by molar-refractivity contribution is 7.25. The number of rotatable bonds is 1. The molecule has 0 saturated carbocycles. The Morgan fingerprint density at radius 1 is 0.333 bits per heavy atom. The third-order valence-electron chi connectivity index (χ3n) is 9.00. The van der Waals surface area contributed by atoms with Crippen molar-refractivity contribution in [1.82, 2.24) is 0 Å². The van der Waals surface area contributed by atoms with Gasteiger partial charge in [0.1, 0.15) is 11.2 Å². The summed E-state index contributed by atoms with van der Waals surface area (Å²) in [6.45, 7) is 0. The minimum atomic E-state index is 0.935. The van der Waals surface area contributed by atoms with Crippen molar-refractivity contribution in [3.05, 3.63) is 133 Å².